The minimum atomic E-state index is 0.445. The van der Waals surface area contributed by atoms with Crippen LogP contribution in [0.25, 0.3) is 0 Å². The minimum Gasteiger partial charge on any atom is -0.328 e. The smallest absolute Gasteiger partial charge is 0.0816 e. The maximum atomic E-state index is 2.62. The molecule has 0 radical (unpaired) electrons. The number of halogens is 2. The normalized spacial score (nSPS) is 29.6. The van der Waals surface area contributed by atoms with Crippen molar-refractivity contribution in [2.75, 3.05) is 27.2 Å². The van der Waals surface area contributed by atoms with Crippen LogP contribution in [-0.4, -0.2) is 38.5 Å². The van der Waals surface area contributed by atoms with E-state index in [-0.39, 0.29) is 0 Å². The van der Waals surface area contributed by atoms with Crippen molar-refractivity contribution < 1.29 is 4.48 Å². The summed E-state index contributed by atoms with van der Waals surface area (Å²) in [5.41, 5.74) is 0. The molecule has 0 saturated carbocycles. The van der Waals surface area contributed by atoms with Gasteiger partial charge >= 0.3 is 0 Å². The van der Waals surface area contributed by atoms with E-state index in [0.717, 1.165) is 11.8 Å². The summed E-state index contributed by atoms with van der Waals surface area (Å²) in [6.45, 7) is 12.2. The minimum absolute atomic E-state index is 0.445. The van der Waals surface area contributed by atoms with Gasteiger partial charge in [-0.25, -0.2) is 0 Å². The molecule has 0 aromatic carbocycles. The van der Waals surface area contributed by atoms with E-state index in [0.29, 0.717) is 6.84 Å². The summed E-state index contributed by atoms with van der Waals surface area (Å²) in [7, 11) is 4.79. The first-order valence-electron chi connectivity index (χ1n) is 6.58. The number of nitrogens with zero attached hydrogens (tertiary/aromatic N) is 1. The lowest BCUT2D eigenvalue weighted by atomic mass is 9.83. The molecule has 0 bridgehead atoms. The van der Waals surface area contributed by atoms with Crippen molar-refractivity contribution in [1.82, 2.24) is 0 Å². The highest BCUT2D eigenvalue weighted by molar-refractivity contribution is 14.1. The fourth-order valence-electron chi connectivity index (χ4n) is 3.35. The Morgan fingerprint density at radius 2 is 1.18 bits per heavy atom. The highest BCUT2D eigenvalue weighted by Crippen LogP contribution is 2.41. The Kier molecular flexibility index (Phi) is 5.26. The molecule has 0 aromatic heterocycles. The molecule has 0 aromatic rings. The van der Waals surface area contributed by atoms with Crippen LogP contribution in [0.4, 0.5) is 0 Å². The summed E-state index contributed by atoms with van der Waals surface area (Å²) in [5.74, 6) is 1.82. The monoisotopic (exact) mass is 464 g/mol. The van der Waals surface area contributed by atoms with Crippen LogP contribution in [0.15, 0.2) is 0 Å². The van der Waals surface area contributed by atoms with Gasteiger partial charge in [-0.3, -0.25) is 0 Å². The third-order valence-corrected chi connectivity index (χ3v) is 4.50. The molecular weight excluding hydrogens is 436 g/mol. The van der Waals surface area contributed by atoms with E-state index in [1.54, 1.807) is 0 Å². The summed E-state index contributed by atoms with van der Waals surface area (Å²) in [4.78, 5) is 0. The molecule has 1 aliphatic heterocycles. The van der Waals surface area contributed by atoms with Crippen molar-refractivity contribution in [2.45, 2.75) is 47.4 Å². The second-order valence-corrected chi connectivity index (χ2v) is 13.5. The maximum Gasteiger partial charge on any atom is 0.0816 e. The molecule has 1 fully saturated rings. The number of rotatable bonds is 4. The summed E-state index contributed by atoms with van der Waals surface area (Å²) >= 11 is 5.23. The first-order valence-corrected chi connectivity index (χ1v) is 8.74. The van der Waals surface area contributed by atoms with Gasteiger partial charge in [0.05, 0.1) is 27.2 Å². The Morgan fingerprint density at radius 3 is 1.41 bits per heavy atom. The Hall–Kier alpha value is 1.42. The van der Waals surface area contributed by atoms with E-state index in [9.17, 15) is 0 Å². The highest BCUT2D eigenvalue weighted by Gasteiger charge is 2.43. The second-order valence-electron chi connectivity index (χ2n) is 7.67. The summed E-state index contributed by atoms with van der Waals surface area (Å²) in [6.07, 6.45) is 2.74. The largest absolute Gasteiger partial charge is 0.328 e. The van der Waals surface area contributed by atoms with Crippen LogP contribution in [0, 0.1) is 11.8 Å². The molecular formula is C14H28I2N+. The Labute approximate surface area is 135 Å². The van der Waals surface area contributed by atoms with Gasteiger partial charge < -0.3 is 4.48 Å². The molecule has 3 heteroatoms. The van der Waals surface area contributed by atoms with E-state index in [1.807, 2.05) is 0 Å². The first-order chi connectivity index (χ1) is 7.38. The highest BCUT2D eigenvalue weighted by atomic mass is 127. The Morgan fingerprint density at radius 1 is 0.882 bits per heavy atom. The van der Waals surface area contributed by atoms with E-state index in [4.69, 9.17) is 0 Å². The van der Waals surface area contributed by atoms with Gasteiger partial charge in [-0.15, -0.1) is 0 Å². The molecule has 1 aliphatic rings. The van der Waals surface area contributed by atoms with E-state index >= 15 is 0 Å². The lowest BCUT2D eigenvalue weighted by molar-refractivity contribution is -0.880. The predicted octanol–water partition coefficient (Wildman–Crippen LogP) is 4.52. The zero-order chi connectivity index (χ0) is 13.5. The van der Waals surface area contributed by atoms with Crippen LogP contribution in [0.5, 0.6) is 0 Å². The molecule has 17 heavy (non-hydrogen) atoms. The third-order valence-electron chi connectivity index (χ3n) is 3.62. The quantitative estimate of drug-likeness (QED) is 0.326. The van der Waals surface area contributed by atoms with Gasteiger partial charge in [-0.05, 0) is 12.8 Å². The van der Waals surface area contributed by atoms with Crippen molar-refractivity contribution in [2.24, 2.45) is 11.8 Å². The zero-order valence-electron chi connectivity index (χ0n) is 12.2. The summed E-state index contributed by atoms with van der Waals surface area (Å²) in [6, 6.07) is 0. The van der Waals surface area contributed by atoms with Crippen LogP contribution in [0.2, 0.25) is 0 Å². The van der Waals surface area contributed by atoms with E-state index in [2.05, 4.69) is 87.0 Å². The van der Waals surface area contributed by atoms with Crippen molar-refractivity contribution >= 4 is 45.2 Å². The third kappa shape index (κ3) is 6.41. The molecule has 0 amide bonds. The molecule has 2 unspecified atom stereocenters. The average Bonchev–Trinajstić information content (AvgIpc) is 2.17. The lowest BCUT2D eigenvalue weighted by Gasteiger charge is -2.27. The summed E-state index contributed by atoms with van der Waals surface area (Å²) in [5, 5.41) is 0. The van der Waals surface area contributed by atoms with Gasteiger partial charge in [0.15, 0.2) is 0 Å². The molecule has 1 nitrogen and oxygen atoms in total. The first kappa shape index (κ1) is 16.5. The second kappa shape index (κ2) is 5.43. The molecule has 1 rings (SSSR count). The molecule has 1 heterocycles. The fourth-order valence-corrected chi connectivity index (χ4v) is 4.48. The van der Waals surface area contributed by atoms with Crippen molar-refractivity contribution in [3.8, 4) is 0 Å². The Balaban J connectivity index is 2.72. The van der Waals surface area contributed by atoms with Gasteiger partial charge in [0, 0.05) is 18.7 Å². The molecule has 0 aliphatic carbocycles. The standard InChI is InChI=1S/C14H28I2N/c1-13(2,15)7-11-9-17(5,6)10-12(11)8-14(3,4)16/h11-12H,7-10H2,1-6H3/q+1. The van der Waals surface area contributed by atoms with Crippen LogP contribution < -0.4 is 0 Å². The number of alkyl halides is 2. The van der Waals surface area contributed by atoms with Gasteiger partial charge in [-0.2, -0.15) is 0 Å². The number of likely N-dealkylation sites (tertiary alicyclic amines) is 1. The zero-order valence-corrected chi connectivity index (χ0v) is 16.5. The fraction of sp³-hybridized carbons (Fsp3) is 1.00. The van der Waals surface area contributed by atoms with Gasteiger partial charge in [-0.1, -0.05) is 72.9 Å². The van der Waals surface area contributed by atoms with Crippen LogP contribution >= 0.6 is 45.2 Å². The van der Waals surface area contributed by atoms with Gasteiger partial charge in [0.1, 0.15) is 0 Å². The van der Waals surface area contributed by atoms with Gasteiger partial charge in [0.2, 0.25) is 0 Å². The molecule has 0 N–H and O–H groups in total. The van der Waals surface area contributed by atoms with Crippen LogP contribution in [0.1, 0.15) is 40.5 Å². The van der Waals surface area contributed by atoms with Crippen LogP contribution in [0.3, 0.4) is 0 Å². The molecule has 2 atom stereocenters. The van der Waals surface area contributed by atoms with Crippen LogP contribution in [-0.2, 0) is 0 Å². The van der Waals surface area contributed by atoms with E-state index in [1.165, 1.54) is 30.4 Å². The topological polar surface area (TPSA) is 0 Å². The molecule has 1 saturated heterocycles. The maximum absolute atomic E-state index is 2.62. The number of hydrogen-bond donors (Lipinski definition) is 0. The van der Waals surface area contributed by atoms with Crippen molar-refractivity contribution in [1.29, 1.82) is 0 Å². The lowest BCUT2D eigenvalue weighted by Crippen LogP contribution is -2.37. The van der Waals surface area contributed by atoms with Crippen molar-refractivity contribution in [3.05, 3.63) is 0 Å². The average molecular weight is 464 g/mol. The van der Waals surface area contributed by atoms with E-state index < -0.39 is 0 Å². The van der Waals surface area contributed by atoms with Crippen molar-refractivity contribution in [3.63, 3.8) is 0 Å². The molecule has 102 valence electrons. The SMILES string of the molecule is CC(C)(I)CC1C[N+](C)(C)CC1CC(C)(C)I. The Bertz CT molecular complexity index is 234. The number of quaternary nitrogens is 1. The van der Waals surface area contributed by atoms with Gasteiger partial charge in [0.25, 0.3) is 0 Å². The number of hydrogen-bond acceptors (Lipinski definition) is 0. The predicted molar refractivity (Wildman–Crippen MR) is 94.3 cm³/mol. The summed E-state index contributed by atoms with van der Waals surface area (Å²) < 4.78 is 2.11. The molecule has 0 spiro atoms.